The summed E-state index contributed by atoms with van der Waals surface area (Å²) in [5, 5.41) is 0. The van der Waals surface area contributed by atoms with Crippen LogP contribution < -0.4 is 4.90 Å². The quantitative estimate of drug-likeness (QED) is 0.725. The van der Waals surface area contributed by atoms with E-state index in [-0.39, 0.29) is 5.91 Å². The topological polar surface area (TPSA) is 20.3 Å². The average molecular weight is 326 g/mol. The summed E-state index contributed by atoms with van der Waals surface area (Å²) in [6.45, 7) is 2.76. The van der Waals surface area contributed by atoms with Crippen molar-refractivity contribution in [2.45, 2.75) is 19.8 Å². The van der Waals surface area contributed by atoms with E-state index in [1.807, 2.05) is 24.0 Å². The first kappa shape index (κ1) is 13.9. The molecule has 0 spiro atoms. The largest absolute Gasteiger partial charge is 0.308 e. The van der Waals surface area contributed by atoms with Gasteiger partial charge in [-0.2, -0.15) is 0 Å². The number of carbonyl (C=O) groups is 1. The summed E-state index contributed by atoms with van der Waals surface area (Å²) in [5.74, 6) is -0.0617. The van der Waals surface area contributed by atoms with E-state index in [1.165, 1.54) is 16.9 Å². The molecule has 3 rings (SSSR count). The standard InChI is InChI=1S/C15H13Cl2NOS/c1-9-4-2-5-10-6-3-7-18(13(9)10)15(19)11-8-12(16)20-14(11)17/h2,4-5,8H,3,6-7H2,1H3. The number of thiophene rings is 1. The molecule has 0 radical (unpaired) electrons. The lowest BCUT2D eigenvalue weighted by molar-refractivity contribution is 0.0985. The number of nitrogens with zero attached hydrogens (tertiary/aromatic N) is 1. The first-order valence-electron chi connectivity index (χ1n) is 6.43. The van der Waals surface area contributed by atoms with Crippen molar-refractivity contribution in [1.82, 2.24) is 0 Å². The highest BCUT2D eigenvalue weighted by molar-refractivity contribution is 7.20. The van der Waals surface area contributed by atoms with Crippen LogP contribution in [0.5, 0.6) is 0 Å². The van der Waals surface area contributed by atoms with Crippen LogP contribution in [0.15, 0.2) is 24.3 Å². The van der Waals surface area contributed by atoms with Gasteiger partial charge < -0.3 is 4.90 Å². The zero-order chi connectivity index (χ0) is 14.3. The third-order valence-corrected chi connectivity index (χ3v) is 5.04. The van der Waals surface area contributed by atoms with E-state index in [0.29, 0.717) is 14.2 Å². The molecule has 2 nitrogen and oxygen atoms in total. The molecular formula is C15H13Cl2NOS. The maximum atomic E-state index is 12.7. The zero-order valence-electron chi connectivity index (χ0n) is 11.0. The number of carbonyl (C=O) groups excluding carboxylic acids is 1. The van der Waals surface area contributed by atoms with Gasteiger partial charge in [0.15, 0.2) is 0 Å². The first-order valence-corrected chi connectivity index (χ1v) is 8.00. The number of anilines is 1. The fraction of sp³-hybridized carbons (Fsp3) is 0.267. The van der Waals surface area contributed by atoms with Gasteiger partial charge in [-0.05, 0) is 37.0 Å². The molecule has 0 bridgehead atoms. The van der Waals surface area contributed by atoms with Gasteiger partial charge in [0.25, 0.3) is 5.91 Å². The van der Waals surface area contributed by atoms with Gasteiger partial charge in [-0.1, -0.05) is 41.4 Å². The molecule has 1 aliphatic heterocycles. The number of hydrogen-bond donors (Lipinski definition) is 0. The van der Waals surface area contributed by atoms with E-state index in [2.05, 4.69) is 6.07 Å². The molecule has 0 aliphatic carbocycles. The van der Waals surface area contributed by atoms with Gasteiger partial charge in [0.05, 0.1) is 15.6 Å². The summed E-state index contributed by atoms with van der Waals surface area (Å²) < 4.78 is 1.00. The minimum absolute atomic E-state index is 0.0617. The van der Waals surface area contributed by atoms with Crippen molar-refractivity contribution in [2.75, 3.05) is 11.4 Å². The molecule has 0 atom stereocenters. The van der Waals surface area contributed by atoms with Crippen LogP contribution in [0.3, 0.4) is 0 Å². The van der Waals surface area contributed by atoms with Crippen LogP contribution in [0, 0.1) is 6.92 Å². The van der Waals surface area contributed by atoms with Gasteiger partial charge in [-0.25, -0.2) is 0 Å². The molecule has 0 fully saturated rings. The predicted molar refractivity (Wildman–Crippen MR) is 85.5 cm³/mol. The van der Waals surface area contributed by atoms with E-state index in [0.717, 1.165) is 30.6 Å². The molecule has 2 aromatic rings. The smallest absolute Gasteiger partial charge is 0.260 e. The van der Waals surface area contributed by atoms with Crippen molar-refractivity contribution in [1.29, 1.82) is 0 Å². The third kappa shape index (κ3) is 2.34. The normalized spacial score (nSPS) is 14.2. The van der Waals surface area contributed by atoms with Crippen molar-refractivity contribution in [3.63, 3.8) is 0 Å². The van der Waals surface area contributed by atoms with Gasteiger partial charge >= 0.3 is 0 Å². The van der Waals surface area contributed by atoms with E-state index in [1.54, 1.807) is 6.07 Å². The highest BCUT2D eigenvalue weighted by Crippen LogP contribution is 2.36. The number of para-hydroxylation sites is 1. The lowest BCUT2D eigenvalue weighted by Crippen LogP contribution is -2.36. The number of amides is 1. The molecule has 20 heavy (non-hydrogen) atoms. The maximum Gasteiger partial charge on any atom is 0.260 e. The first-order chi connectivity index (χ1) is 9.58. The number of benzene rings is 1. The summed E-state index contributed by atoms with van der Waals surface area (Å²) in [7, 11) is 0. The van der Waals surface area contributed by atoms with Crippen LogP contribution in [0.1, 0.15) is 27.9 Å². The van der Waals surface area contributed by atoms with Crippen molar-refractivity contribution >= 4 is 46.1 Å². The molecule has 0 unspecified atom stereocenters. The summed E-state index contributed by atoms with van der Waals surface area (Å²) in [6, 6.07) is 7.82. The molecular weight excluding hydrogens is 313 g/mol. The number of fused-ring (bicyclic) bond motifs is 1. The fourth-order valence-corrected chi connectivity index (χ4v) is 4.13. The van der Waals surface area contributed by atoms with E-state index in [9.17, 15) is 4.79 Å². The summed E-state index contributed by atoms with van der Waals surface area (Å²) in [6.07, 6.45) is 1.98. The molecule has 0 N–H and O–H groups in total. The maximum absolute atomic E-state index is 12.7. The summed E-state index contributed by atoms with van der Waals surface area (Å²) in [4.78, 5) is 14.6. The minimum atomic E-state index is -0.0617. The van der Waals surface area contributed by atoms with Gasteiger partial charge in [0.1, 0.15) is 4.34 Å². The lowest BCUT2D eigenvalue weighted by atomic mass is 9.98. The van der Waals surface area contributed by atoms with Crippen molar-refractivity contribution in [3.8, 4) is 0 Å². The Kier molecular flexibility index (Phi) is 3.76. The Balaban J connectivity index is 2.05. The molecule has 5 heteroatoms. The van der Waals surface area contributed by atoms with Crippen molar-refractivity contribution in [2.24, 2.45) is 0 Å². The minimum Gasteiger partial charge on any atom is -0.308 e. The van der Waals surface area contributed by atoms with Gasteiger partial charge in [0.2, 0.25) is 0 Å². The second-order valence-electron chi connectivity index (χ2n) is 4.88. The Morgan fingerprint density at radius 3 is 2.85 bits per heavy atom. The molecule has 104 valence electrons. The molecule has 1 aromatic carbocycles. The number of halogens is 2. The van der Waals surface area contributed by atoms with Gasteiger partial charge in [-0.15, -0.1) is 11.3 Å². The number of hydrogen-bond acceptors (Lipinski definition) is 2. The molecule has 0 saturated heterocycles. The van der Waals surface area contributed by atoms with E-state index >= 15 is 0 Å². The molecule has 0 saturated carbocycles. The predicted octanol–water partition coefficient (Wildman–Crippen LogP) is 4.96. The van der Waals surface area contributed by atoms with E-state index < -0.39 is 0 Å². The van der Waals surface area contributed by atoms with E-state index in [4.69, 9.17) is 23.2 Å². The second kappa shape index (κ2) is 5.40. The molecule has 1 amide bonds. The average Bonchev–Trinajstić information content (AvgIpc) is 2.77. The van der Waals surface area contributed by atoms with Crippen molar-refractivity contribution < 1.29 is 4.79 Å². The van der Waals surface area contributed by atoms with Crippen molar-refractivity contribution in [3.05, 3.63) is 49.6 Å². The van der Waals surface area contributed by atoms with Gasteiger partial charge in [-0.3, -0.25) is 4.79 Å². The number of aryl methyl sites for hydroxylation is 2. The molecule has 2 heterocycles. The summed E-state index contributed by atoms with van der Waals surface area (Å²) in [5.41, 5.74) is 3.87. The van der Waals surface area contributed by atoms with Crippen LogP contribution in [0.25, 0.3) is 0 Å². The Bertz CT molecular complexity index is 681. The SMILES string of the molecule is Cc1cccc2c1N(C(=O)c1cc(Cl)sc1Cl)CCC2. The number of rotatable bonds is 1. The summed E-state index contributed by atoms with van der Waals surface area (Å²) >= 11 is 13.3. The molecule has 1 aliphatic rings. The van der Waals surface area contributed by atoms with Crippen LogP contribution in [0.4, 0.5) is 5.69 Å². The Morgan fingerprint density at radius 1 is 1.35 bits per heavy atom. The highest BCUT2D eigenvalue weighted by atomic mass is 35.5. The Labute approximate surface area is 131 Å². The van der Waals surface area contributed by atoms with Crippen LogP contribution in [0.2, 0.25) is 8.67 Å². The van der Waals surface area contributed by atoms with Crippen LogP contribution >= 0.6 is 34.5 Å². The lowest BCUT2D eigenvalue weighted by Gasteiger charge is -2.31. The third-order valence-electron chi connectivity index (χ3n) is 3.55. The monoisotopic (exact) mass is 325 g/mol. The second-order valence-corrected chi connectivity index (χ2v) is 7.17. The van der Waals surface area contributed by atoms with Gasteiger partial charge in [0, 0.05) is 6.54 Å². The van der Waals surface area contributed by atoms with Crippen LogP contribution in [-0.2, 0) is 6.42 Å². The fourth-order valence-electron chi connectivity index (χ4n) is 2.68. The zero-order valence-corrected chi connectivity index (χ0v) is 13.3. The Hall–Kier alpha value is -1.03. The Morgan fingerprint density at radius 2 is 2.15 bits per heavy atom. The highest BCUT2D eigenvalue weighted by Gasteiger charge is 2.27. The van der Waals surface area contributed by atoms with Crippen LogP contribution in [-0.4, -0.2) is 12.5 Å². The molecule has 1 aromatic heterocycles.